The van der Waals surface area contributed by atoms with Gasteiger partial charge < -0.3 is 10.5 Å². The second-order valence-electron chi connectivity index (χ2n) is 7.52. The third kappa shape index (κ3) is 3.88. The summed E-state index contributed by atoms with van der Waals surface area (Å²) in [4.78, 5) is 2.07. The maximum Gasteiger partial charge on any atom is 0.205 e. The van der Waals surface area contributed by atoms with Crippen LogP contribution in [0, 0.1) is 23.0 Å². The van der Waals surface area contributed by atoms with E-state index in [0.717, 1.165) is 0 Å². The topological polar surface area (TPSA) is 62.3 Å². The molecule has 1 atom stereocenters. The van der Waals surface area contributed by atoms with Crippen LogP contribution in [0.5, 0.6) is 0 Å². The van der Waals surface area contributed by atoms with Crippen molar-refractivity contribution in [3.05, 3.63) is 97.6 Å². The van der Waals surface area contributed by atoms with E-state index in [-0.39, 0.29) is 32.6 Å². The van der Waals surface area contributed by atoms with Crippen LogP contribution in [-0.2, 0) is 4.74 Å². The number of allylic oxidation sites excluding steroid dienone is 1. The molecule has 164 valence electrons. The van der Waals surface area contributed by atoms with E-state index in [1.165, 1.54) is 24.3 Å². The highest BCUT2D eigenvalue weighted by Gasteiger charge is 2.39. The maximum absolute atomic E-state index is 14.9. The number of halogens is 4. The van der Waals surface area contributed by atoms with Crippen LogP contribution in [0.3, 0.4) is 0 Å². The Kier molecular flexibility index (Phi) is 6.25. The summed E-state index contributed by atoms with van der Waals surface area (Å²) in [5, 5.41) is 10.2. The zero-order valence-electron chi connectivity index (χ0n) is 17.1. The molecule has 4 nitrogen and oxygen atoms in total. The highest BCUT2D eigenvalue weighted by atomic mass is 35.5. The number of rotatable bonds is 3. The zero-order valence-corrected chi connectivity index (χ0v) is 18.6. The van der Waals surface area contributed by atoms with Crippen LogP contribution >= 0.6 is 23.2 Å². The van der Waals surface area contributed by atoms with Gasteiger partial charge in [-0.05, 0) is 42.5 Å². The minimum absolute atomic E-state index is 0.0805. The molecule has 0 saturated heterocycles. The van der Waals surface area contributed by atoms with Gasteiger partial charge in [0.15, 0.2) is 0 Å². The number of ether oxygens (including phenoxy) is 1. The van der Waals surface area contributed by atoms with Crippen molar-refractivity contribution in [2.24, 2.45) is 5.73 Å². The molecule has 2 aliphatic rings. The number of hydrogen-bond donors (Lipinski definition) is 1. The smallest absolute Gasteiger partial charge is 0.205 e. The molecule has 32 heavy (non-hydrogen) atoms. The van der Waals surface area contributed by atoms with Gasteiger partial charge in [0.2, 0.25) is 5.88 Å². The first-order chi connectivity index (χ1) is 15.3. The standard InChI is InChI=1S/C24H19Cl2F2N3O/c1-2-31-11-13(9-14-17(25)5-3-7-19(14)27)23-16(12-31)21(15(10-29)24(30)32-23)22-18(26)6-4-8-20(22)28/h3-9,21H,2,11-12,30H2,1H3/b13-9+. The Hall–Kier alpha value is -2.85. The van der Waals surface area contributed by atoms with E-state index in [2.05, 4.69) is 11.0 Å². The second-order valence-corrected chi connectivity index (χ2v) is 8.34. The van der Waals surface area contributed by atoms with Gasteiger partial charge in [0.1, 0.15) is 29.0 Å². The lowest BCUT2D eigenvalue weighted by Gasteiger charge is -2.38. The van der Waals surface area contributed by atoms with E-state index in [0.29, 0.717) is 36.5 Å². The van der Waals surface area contributed by atoms with Crippen LogP contribution in [0.2, 0.25) is 10.0 Å². The Morgan fingerprint density at radius 2 is 1.84 bits per heavy atom. The van der Waals surface area contributed by atoms with Crippen LogP contribution in [0.4, 0.5) is 8.78 Å². The van der Waals surface area contributed by atoms with Gasteiger partial charge in [-0.1, -0.05) is 42.3 Å². The monoisotopic (exact) mass is 473 g/mol. The van der Waals surface area contributed by atoms with Gasteiger partial charge in [-0.15, -0.1) is 0 Å². The van der Waals surface area contributed by atoms with Gasteiger partial charge in [0.25, 0.3) is 0 Å². The van der Waals surface area contributed by atoms with Crippen molar-refractivity contribution in [2.45, 2.75) is 12.8 Å². The van der Waals surface area contributed by atoms with Crippen LogP contribution < -0.4 is 5.73 Å². The van der Waals surface area contributed by atoms with Gasteiger partial charge in [-0.3, -0.25) is 4.90 Å². The van der Waals surface area contributed by atoms with E-state index >= 15 is 0 Å². The molecule has 8 heteroatoms. The molecule has 2 heterocycles. The summed E-state index contributed by atoms with van der Waals surface area (Å²) < 4.78 is 35.3. The number of nitrogens with zero attached hydrogens (tertiary/aromatic N) is 2. The van der Waals surface area contributed by atoms with E-state index < -0.39 is 17.6 Å². The molecular weight excluding hydrogens is 455 g/mol. The van der Waals surface area contributed by atoms with E-state index in [1.807, 2.05) is 6.92 Å². The molecule has 0 aromatic heterocycles. The Labute approximate surface area is 194 Å². The van der Waals surface area contributed by atoms with Crippen molar-refractivity contribution in [1.29, 1.82) is 5.26 Å². The first-order valence-corrected chi connectivity index (χ1v) is 10.7. The largest absolute Gasteiger partial charge is 0.440 e. The Morgan fingerprint density at radius 3 is 2.47 bits per heavy atom. The van der Waals surface area contributed by atoms with Crippen molar-refractivity contribution < 1.29 is 13.5 Å². The van der Waals surface area contributed by atoms with Gasteiger partial charge in [-0.2, -0.15) is 5.26 Å². The SMILES string of the molecule is CCN1CC2=C(OC(N)=C(C#N)C2c2c(F)cccc2Cl)/C(=C/c2c(F)cccc2Cl)C1. The molecule has 0 fully saturated rings. The highest BCUT2D eigenvalue weighted by Crippen LogP contribution is 2.46. The predicted molar refractivity (Wildman–Crippen MR) is 121 cm³/mol. The van der Waals surface area contributed by atoms with Gasteiger partial charge in [-0.25, -0.2) is 8.78 Å². The number of nitrogens with two attached hydrogens (primary N) is 1. The molecule has 0 aliphatic carbocycles. The number of benzene rings is 2. The lowest BCUT2D eigenvalue weighted by atomic mass is 9.80. The van der Waals surface area contributed by atoms with E-state index in [4.69, 9.17) is 33.7 Å². The van der Waals surface area contributed by atoms with Gasteiger partial charge in [0.05, 0.1) is 10.9 Å². The van der Waals surface area contributed by atoms with Crippen LogP contribution in [0.25, 0.3) is 6.08 Å². The summed E-state index contributed by atoms with van der Waals surface area (Å²) in [5.41, 5.74) is 7.81. The Morgan fingerprint density at radius 1 is 1.16 bits per heavy atom. The first-order valence-electron chi connectivity index (χ1n) is 9.97. The third-order valence-electron chi connectivity index (χ3n) is 5.66. The normalized spacial score (nSPS) is 20.2. The fraction of sp³-hybridized carbons (Fsp3) is 0.208. The predicted octanol–water partition coefficient (Wildman–Crippen LogP) is 5.75. The summed E-state index contributed by atoms with van der Waals surface area (Å²) in [5.74, 6) is -1.60. The summed E-state index contributed by atoms with van der Waals surface area (Å²) in [7, 11) is 0. The minimum Gasteiger partial charge on any atom is -0.440 e. The summed E-state index contributed by atoms with van der Waals surface area (Å²) in [6.45, 7) is 3.48. The van der Waals surface area contributed by atoms with Gasteiger partial charge in [0, 0.05) is 34.8 Å². The summed E-state index contributed by atoms with van der Waals surface area (Å²) in [6, 6.07) is 10.9. The molecule has 0 amide bonds. The number of nitriles is 1. The zero-order chi connectivity index (χ0) is 23.0. The van der Waals surface area contributed by atoms with Crippen molar-refractivity contribution >= 4 is 29.3 Å². The fourth-order valence-electron chi connectivity index (χ4n) is 4.10. The first kappa shape index (κ1) is 22.3. The maximum atomic E-state index is 14.9. The molecule has 0 saturated carbocycles. The van der Waals surface area contributed by atoms with Crippen LogP contribution in [-0.4, -0.2) is 24.5 Å². The molecule has 2 aromatic rings. The molecule has 2 N–H and O–H groups in total. The second kappa shape index (κ2) is 8.95. The summed E-state index contributed by atoms with van der Waals surface area (Å²) in [6.07, 6.45) is 1.61. The summed E-state index contributed by atoms with van der Waals surface area (Å²) >= 11 is 12.6. The Balaban J connectivity index is 1.97. The molecule has 1 unspecified atom stereocenters. The fourth-order valence-corrected chi connectivity index (χ4v) is 4.59. The molecule has 0 bridgehead atoms. The Bertz CT molecular complexity index is 1190. The minimum atomic E-state index is -0.828. The molecule has 2 aliphatic heterocycles. The van der Waals surface area contributed by atoms with Crippen LogP contribution in [0.1, 0.15) is 24.0 Å². The molecule has 2 aromatic carbocycles. The molecular formula is C24H19Cl2F2N3O. The molecule has 0 radical (unpaired) electrons. The number of likely N-dealkylation sites (N-methyl/N-ethyl adjacent to an activating group) is 1. The third-order valence-corrected chi connectivity index (χ3v) is 6.32. The van der Waals surface area contributed by atoms with Crippen molar-refractivity contribution in [3.63, 3.8) is 0 Å². The average molecular weight is 474 g/mol. The lowest BCUT2D eigenvalue weighted by molar-refractivity contribution is 0.238. The quantitative estimate of drug-likeness (QED) is 0.615. The van der Waals surface area contributed by atoms with Gasteiger partial charge >= 0.3 is 0 Å². The van der Waals surface area contributed by atoms with Crippen molar-refractivity contribution in [2.75, 3.05) is 19.6 Å². The van der Waals surface area contributed by atoms with Crippen molar-refractivity contribution in [3.8, 4) is 6.07 Å². The average Bonchev–Trinajstić information content (AvgIpc) is 2.76. The van der Waals surface area contributed by atoms with Crippen LogP contribution in [0.15, 0.2) is 64.8 Å². The van der Waals surface area contributed by atoms with Crippen molar-refractivity contribution in [1.82, 2.24) is 4.90 Å². The van der Waals surface area contributed by atoms with E-state index in [1.54, 1.807) is 18.2 Å². The van der Waals surface area contributed by atoms with E-state index in [9.17, 15) is 14.0 Å². The number of hydrogen-bond acceptors (Lipinski definition) is 4. The molecule has 4 rings (SSSR count). The molecule has 0 spiro atoms. The lowest BCUT2D eigenvalue weighted by Crippen LogP contribution is -2.38. The highest BCUT2D eigenvalue weighted by molar-refractivity contribution is 6.32.